The second-order valence-electron chi connectivity index (χ2n) is 3.49. The summed E-state index contributed by atoms with van der Waals surface area (Å²) < 4.78 is 4.63. The van der Waals surface area contributed by atoms with Crippen LogP contribution >= 0.6 is 11.6 Å². The van der Waals surface area contributed by atoms with Crippen LogP contribution in [0.1, 0.15) is 13.8 Å². The van der Waals surface area contributed by atoms with E-state index in [9.17, 15) is 4.79 Å². The van der Waals surface area contributed by atoms with Crippen molar-refractivity contribution < 1.29 is 9.53 Å². The van der Waals surface area contributed by atoms with Crippen LogP contribution < -0.4 is 4.90 Å². The molecular weight excluding hydrogens is 230 g/mol. The molecule has 0 fully saturated rings. The molecule has 0 bridgehead atoms. The average molecular weight is 244 g/mol. The third kappa shape index (κ3) is 3.06. The molecular formula is C10H14ClN3O2. The molecule has 5 nitrogen and oxygen atoms in total. The van der Waals surface area contributed by atoms with Crippen LogP contribution in [0.2, 0.25) is 5.02 Å². The zero-order chi connectivity index (χ0) is 12.1. The number of rotatable bonds is 4. The number of nitrogens with zero attached hydrogens (tertiary/aromatic N) is 3. The number of ether oxygens (including phenoxy) is 1. The number of carbonyl (C=O) groups excluding carboxylic acids is 1. The lowest BCUT2D eigenvalue weighted by molar-refractivity contribution is -0.139. The van der Waals surface area contributed by atoms with E-state index in [2.05, 4.69) is 14.7 Å². The van der Waals surface area contributed by atoms with Crippen LogP contribution in [0.5, 0.6) is 0 Å². The van der Waals surface area contributed by atoms with Gasteiger partial charge in [-0.05, 0) is 13.8 Å². The number of carbonyl (C=O) groups is 1. The highest BCUT2D eigenvalue weighted by molar-refractivity contribution is 6.32. The highest BCUT2D eigenvalue weighted by Gasteiger charge is 2.18. The van der Waals surface area contributed by atoms with Crippen molar-refractivity contribution in [2.45, 2.75) is 19.9 Å². The fourth-order valence-corrected chi connectivity index (χ4v) is 1.44. The summed E-state index contributed by atoms with van der Waals surface area (Å²) in [4.78, 5) is 20.9. The van der Waals surface area contributed by atoms with Crippen molar-refractivity contribution >= 4 is 23.4 Å². The van der Waals surface area contributed by atoms with Gasteiger partial charge >= 0.3 is 5.97 Å². The third-order valence-electron chi connectivity index (χ3n) is 2.07. The van der Waals surface area contributed by atoms with Crippen LogP contribution in [0.4, 0.5) is 5.82 Å². The topological polar surface area (TPSA) is 55.3 Å². The summed E-state index contributed by atoms with van der Waals surface area (Å²) >= 11 is 5.97. The molecule has 0 aliphatic carbocycles. The molecule has 88 valence electrons. The lowest BCUT2D eigenvalue weighted by Crippen LogP contribution is -2.37. The highest BCUT2D eigenvalue weighted by Crippen LogP contribution is 2.22. The van der Waals surface area contributed by atoms with Crippen LogP contribution in [-0.2, 0) is 9.53 Å². The van der Waals surface area contributed by atoms with Gasteiger partial charge in [-0.3, -0.25) is 4.79 Å². The van der Waals surface area contributed by atoms with Gasteiger partial charge in [0.2, 0.25) is 0 Å². The average Bonchev–Trinajstić information content (AvgIpc) is 2.26. The Morgan fingerprint density at radius 1 is 1.62 bits per heavy atom. The lowest BCUT2D eigenvalue weighted by Gasteiger charge is -2.26. The first kappa shape index (κ1) is 12.7. The molecule has 0 atom stereocenters. The van der Waals surface area contributed by atoms with E-state index >= 15 is 0 Å². The molecule has 6 heteroatoms. The van der Waals surface area contributed by atoms with Gasteiger partial charge in [0.1, 0.15) is 17.9 Å². The minimum Gasteiger partial charge on any atom is -0.468 e. The highest BCUT2D eigenvalue weighted by atomic mass is 35.5. The standard InChI is InChI=1S/C10H14ClN3O2/c1-7(2)14(5-9(15)16-3)10-8(11)4-12-6-13-10/h4,6-7H,5H2,1-3H3. The maximum absolute atomic E-state index is 11.3. The van der Waals surface area contributed by atoms with Crippen molar-refractivity contribution in [3.05, 3.63) is 17.5 Å². The van der Waals surface area contributed by atoms with Crippen LogP contribution in [-0.4, -0.2) is 35.6 Å². The van der Waals surface area contributed by atoms with E-state index in [1.165, 1.54) is 19.6 Å². The summed E-state index contributed by atoms with van der Waals surface area (Å²) in [6.45, 7) is 4.01. The quantitative estimate of drug-likeness (QED) is 0.751. The minimum atomic E-state index is -0.330. The van der Waals surface area contributed by atoms with E-state index in [-0.39, 0.29) is 18.6 Å². The van der Waals surface area contributed by atoms with E-state index in [0.29, 0.717) is 10.8 Å². The Morgan fingerprint density at radius 3 is 2.81 bits per heavy atom. The first-order valence-electron chi connectivity index (χ1n) is 4.85. The summed E-state index contributed by atoms with van der Waals surface area (Å²) in [5.74, 6) is 0.209. The molecule has 0 unspecified atom stereocenters. The molecule has 0 saturated heterocycles. The molecule has 1 aromatic rings. The van der Waals surface area contributed by atoms with Crippen molar-refractivity contribution in [1.82, 2.24) is 9.97 Å². The normalized spacial score (nSPS) is 10.3. The lowest BCUT2D eigenvalue weighted by atomic mass is 10.3. The largest absolute Gasteiger partial charge is 0.468 e. The van der Waals surface area contributed by atoms with E-state index in [4.69, 9.17) is 11.6 Å². The number of methoxy groups -OCH3 is 1. The number of hydrogen-bond acceptors (Lipinski definition) is 5. The Kier molecular flexibility index (Phi) is 4.49. The molecule has 1 aromatic heterocycles. The maximum atomic E-state index is 11.3. The Bertz CT molecular complexity index is 371. The molecule has 0 spiro atoms. The maximum Gasteiger partial charge on any atom is 0.325 e. The predicted molar refractivity (Wildman–Crippen MR) is 61.5 cm³/mol. The van der Waals surface area contributed by atoms with Crippen LogP contribution in [0.3, 0.4) is 0 Å². The zero-order valence-electron chi connectivity index (χ0n) is 9.48. The minimum absolute atomic E-state index is 0.0894. The fraction of sp³-hybridized carbons (Fsp3) is 0.500. The summed E-state index contributed by atoms with van der Waals surface area (Å²) in [5, 5.41) is 0.417. The summed E-state index contributed by atoms with van der Waals surface area (Å²) in [6, 6.07) is 0.0894. The number of aromatic nitrogens is 2. The number of anilines is 1. The Labute approximate surface area is 99.4 Å². The Hall–Kier alpha value is -1.36. The Morgan fingerprint density at radius 2 is 2.31 bits per heavy atom. The van der Waals surface area contributed by atoms with Crippen molar-refractivity contribution in [2.24, 2.45) is 0 Å². The molecule has 0 amide bonds. The van der Waals surface area contributed by atoms with Crippen LogP contribution in [0.25, 0.3) is 0 Å². The van der Waals surface area contributed by atoms with Crippen LogP contribution in [0, 0.1) is 0 Å². The molecule has 0 saturated carbocycles. The fourth-order valence-electron chi connectivity index (χ4n) is 1.22. The first-order valence-corrected chi connectivity index (χ1v) is 5.23. The molecule has 0 N–H and O–H groups in total. The van der Waals surface area contributed by atoms with E-state index in [0.717, 1.165) is 0 Å². The van der Waals surface area contributed by atoms with E-state index < -0.39 is 0 Å². The van der Waals surface area contributed by atoms with Gasteiger partial charge in [-0.1, -0.05) is 11.6 Å². The first-order chi connectivity index (χ1) is 7.56. The monoisotopic (exact) mass is 243 g/mol. The molecule has 0 aliphatic rings. The van der Waals surface area contributed by atoms with Gasteiger partial charge in [0.15, 0.2) is 5.82 Å². The van der Waals surface area contributed by atoms with Crippen molar-refractivity contribution in [3.63, 3.8) is 0 Å². The number of halogens is 1. The van der Waals surface area contributed by atoms with Gasteiger partial charge < -0.3 is 9.64 Å². The number of esters is 1. The zero-order valence-corrected chi connectivity index (χ0v) is 10.2. The predicted octanol–water partition coefficient (Wildman–Crippen LogP) is 1.52. The van der Waals surface area contributed by atoms with Crippen molar-refractivity contribution in [2.75, 3.05) is 18.6 Å². The van der Waals surface area contributed by atoms with Gasteiger partial charge in [0, 0.05) is 6.04 Å². The van der Waals surface area contributed by atoms with Gasteiger partial charge in [-0.15, -0.1) is 0 Å². The molecule has 1 heterocycles. The van der Waals surface area contributed by atoms with E-state index in [1.807, 2.05) is 13.8 Å². The third-order valence-corrected chi connectivity index (χ3v) is 2.34. The molecule has 0 aromatic carbocycles. The van der Waals surface area contributed by atoms with E-state index in [1.54, 1.807) is 4.90 Å². The van der Waals surface area contributed by atoms with Crippen molar-refractivity contribution in [1.29, 1.82) is 0 Å². The van der Waals surface area contributed by atoms with Gasteiger partial charge in [0.25, 0.3) is 0 Å². The summed E-state index contributed by atoms with van der Waals surface area (Å²) in [7, 11) is 1.35. The molecule has 0 aliphatic heterocycles. The summed E-state index contributed by atoms with van der Waals surface area (Å²) in [5.41, 5.74) is 0. The molecule has 1 rings (SSSR count). The second kappa shape index (κ2) is 5.65. The van der Waals surface area contributed by atoms with Crippen LogP contribution in [0.15, 0.2) is 12.5 Å². The second-order valence-corrected chi connectivity index (χ2v) is 3.90. The molecule has 0 radical (unpaired) electrons. The van der Waals surface area contributed by atoms with Crippen molar-refractivity contribution in [3.8, 4) is 0 Å². The molecule has 16 heavy (non-hydrogen) atoms. The SMILES string of the molecule is COC(=O)CN(c1ncncc1Cl)C(C)C. The number of hydrogen-bond donors (Lipinski definition) is 0. The summed E-state index contributed by atoms with van der Waals surface area (Å²) in [6.07, 6.45) is 2.89. The smallest absolute Gasteiger partial charge is 0.325 e. The Balaban J connectivity index is 2.94. The van der Waals surface area contributed by atoms with Gasteiger partial charge in [-0.25, -0.2) is 9.97 Å². The van der Waals surface area contributed by atoms with Gasteiger partial charge in [-0.2, -0.15) is 0 Å². The van der Waals surface area contributed by atoms with Gasteiger partial charge in [0.05, 0.1) is 13.3 Å².